The second-order valence-electron chi connectivity index (χ2n) is 6.57. The van der Waals surface area contributed by atoms with Gasteiger partial charge in [0.2, 0.25) is 14.2 Å². The summed E-state index contributed by atoms with van der Waals surface area (Å²) in [5, 5.41) is 13.4. The second-order valence-corrected chi connectivity index (χ2v) is 8.94. The Labute approximate surface area is 153 Å². The van der Waals surface area contributed by atoms with Gasteiger partial charge in [-0.15, -0.1) is 0 Å². The van der Waals surface area contributed by atoms with Crippen molar-refractivity contribution in [1.29, 1.82) is 0 Å². The van der Waals surface area contributed by atoms with Crippen molar-refractivity contribution in [1.82, 2.24) is 5.32 Å². The smallest absolute Gasteiger partial charge is 0.231 e. The van der Waals surface area contributed by atoms with E-state index in [2.05, 4.69) is 5.32 Å². The van der Waals surface area contributed by atoms with Crippen LogP contribution in [0.5, 0.6) is 11.5 Å². The molecule has 1 heterocycles. The van der Waals surface area contributed by atoms with Crippen molar-refractivity contribution in [2.24, 2.45) is 0 Å². The van der Waals surface area contributed by atoms with Crippen LogP contribution in [0.1, 0.15) is 24.1 Å². The number of benzene rings is 2. The fraction of sp³-hybridized carbons (Fsp3) is 0.368. The number of hydrogen-bond donors (Lipinski definition) is 3. The Morgan fingerprint density at radius 2 is 1.88 bits per heavy atom. The van der Waals surface area contributed by atoms with Crippen LogP contribution in [0.15, 0.2) is 48.5 Å². The lowest BCUT2D eigenvalue weighted by Crippen LogP contribution is -2.31. The highest BCUT2D eigenvalue weighted by atomic mass is 31.2. The van der Waals surface area contributed by atoms with Crippen molar-refractivity contribution in [3.8, 4) is 11.5 Å². The highest BCUT2D eigenvalue weighted by Crippen LogP contribution is 2.44. The molecule has 0 spiro atoms. The molecule has 2 aromatic carbocycles. The van der Waals surface area contributed by atoms with Gasteiger partial charge in [0, 0.05) is 18.7 Å². The molecule has 0 amide bonds. The molecule has 1 aliphatic heterocycles. The van der Waals surface area contributed by atoms with Gasteiger partial charge in [-0.05, 0) is 30.2 Å². The molecule has 0 aliphatic carbocycles. The summed E-state index contributed by atoms with van der Waals surface area (Å²) < 4.78 is 23.0. The Morgan fingerprint density at radius 1 is 1.15 bits per heavy atom. The number of nitrogens with one attached hydrogen (secondary N) is 1. The standard InChI is InChI=1S/C19H24NO5P/c1-14(16-7-8-18-19(9-16)25-13-24-18)20-10-17(21)12-26(22,23)11-15-5-3-2-4-6-15/h2-9,14,17,20-21H,10-13H2,1H3,(H,22,23). The average Bonchev–Trinajstić information content (AvgIpc) is 3.07. The van der Waals surface area contributed by atoms with E-state index in [1.165, 1.54) is 0 Å². The van der Waals surface area contributed by atoms with Gasteiger partial charge in [0.15, 0.2) is 11.5 Å². The van der Waals surface area contributed by atoms with Gasteiger partial charge in [-0.1, -0.05) is 36.4 Å². The first-order chi connectivity index (χ1) is 12.4. The Kier molecular flexibility index (Phi) is 5.99. The third-order valence-corrected chi connectivity index (χ3v) is 6.18. The summed E-state index contributed by atoms with van der Waals surface area (Å²) in [6.07, 6.45) is -0.961. The number of rotatable bonds is 8. The van der Waals surface area contributed by atoms with Gasteiger partial charge in [0.05, 0.1) is 12.3 Å². The summed E-state index contributed by atoms with van der Waals surface area (Å²) in [4.78, 5) is 10.2. The van der Waals surface area contributed by atoms with Crippen molar-refractivity contribution in [2.45, 2.75) is 25.2 Å². The van der Waals surface area contributed by atoms with Crippen LogP contribution < -0.4 is 14.8 Å². The molecular weight excluding hydrogens is 353 g/mol. The zero-order chi connectivity index (χ0) is 18.6. The highest BCUT2D eigenvalue weighted by Gasteiger charge is 2.24. The molecule has 0 bridgehead atoms. The van der Waals surface area contributed by atoms with Crippen LogP contribution in [0.3, 0.4) is 0 Å². The molecular formula is C19H24NO5P. The largest absolute Gasteiger partial charge is 0.454 e. The molecule has 3 rings (SSSR count). The number of aliphatic hydroxyl groups excluding tert-OH is 1. The lowest BCUT2D eigenvalue weighted by atomic mass is 10.1. The third-order valence-electron chi connectivity index (χ3n) is 4.32. The lowest BCUT2D eigenvalue weighted by molar-refractivity contribution is 0.174. The van der Waals surface area contributed by atoms with Crippen molar-refractivity contribution in [3.05, 3.63) is 59.7 Å². The molecule has 0 saturated heterocycles. The summed E-state index contributed by atoms with van der Waals surface area (Å²) in [7, 11) is -3.44. The molecule has 3 unspecified atom stereocenters. The third kappa shape index (κ3) is 5.08. The zero-order valence-electron chi connectivity index (χ0n) is 14.7. The minimum absolute atomic E-state index is 0.0358. The molecule has 0 fully saturated rings. The van der Waals surface area contributed by atoms with Crippen molar-refractivity contribution in [3.63, 3.8) is 0 Å². The molecule has 26 heavy (non-hydrogen) atoms. The van der Waals surface area contributed by atoms with Crippen molar-refractivity contribution in [2.75, 3.05) is 19.5 Å². The van der Waals surface area contributed by atoms with Crippen LogP contribution in [-0.2, 0) is 10.7 Å². The van der Waals surface area contributed by atoms with E-state index in [1.807, 2.05) is 55.5 Å². The van der Waals surface area contributed by atoms with E-state index in [1.54, 1.807) is 0 Å². The van der Waals surface area contributed by atoms with Gasteiger partial charge >= 0.3 is 0 Å². The molecule has 3 N–H and O–H groups in total. The first-order valence-corrected chi connectivity index (χ1v) is 10.6. The Hall–Kier alpha value is -1.85. The Balaban J connectivity index is 1.50. The van der Waals surface area contributed by atoms with Gasteiger partial charge in [0.25, 0.3) is 0 Å². The fourth-order valence-corrected chi connectivity index (χ4v) is 4.64. The summed E-state index contributed by atoms with van der Waals surface area (Å²) >= 11 is 0. The maximum atomic E-state index is 12.4. The fourth-order valence-electron chi connectivity index (χ4n) is 2.94. The maximum Gasteiger partial charge on any atom is 0.231 e. The van der Waals surface area contributed by atoms with E-state index in [9.17, 15) is 14.6 Å². The van der Waals surface area contributed by atoms with Crippen molar-refractivity contribution >= 4 is 7.37 Å². The van der Waals surface area contributed by atoms with E-state index in [0.717, 1.165) is 16.9 Å². The molecule has 6 nitrogen and oxygen atoms in total. The van der Waals surface area contributed by atoms with Gasteiger partial charge in [0.1, 0.15) is 0 Å². The van der Waals surface area contributed by atoms with Crippen LogP contribution in [0.2, 0.25) is 0 Å². The van der Waals surface area contributed by atoms with E-state index < -0.39 is 13.5 Å². The van der Waals surface area contributed by atoms with Gasteiger partial charge in [-0.3, -0.25) is 4.57 Å². The van der Waals surface area contributed by atoms with Gasteiger partial charge in [-0.2, -0.15) is 0 Å². The maximum absolute atomic E-state index is 12.4. The molecule has 0 saturated carbocycles. The number of hydrogen-bond acceptors (Lipinski definition) is 5. The summed E-state index contributed by atoms with van der Waals surface area (Å²) in [5.41, 5.74) is 1.80. The summed E-state index contributed by atoms with van der Waals surface area (Å²) in [5.74, 6) is 1.43. The van der Waals surface area contributed by atoms with Crippen LogP contribution in [0, 0.1) is 0 Å². The SMILES string of the molecule is CC(NCC(O)CP(=O)(O)Cc1ccccc1)c1ccc2c(c1)OCO2. The molecule has 140 valence electrons. The van der Waals surface area contributed by atoms with E-state index in [4.69, 9.17) is 9.47 Å². The van der Waals surface area contributed by atoms with Crippen LogP contribution >= 0.6 is 7.37 Å². The minimum atomic E-state index is -3.44. The van der Waals surface area contributed by atoms with E-state index in [-0.39, 0.29) is 31.7 Å². The minimum Gasteiger partial charge on any atom is -0.454 e. The summed E-state index contributed by atoms with van der Waals surface area (Å²) in [6.45, 7) is 2.42. The molecule has 0 aromatic heterocycles. The zero-order valence-corrected chi connectivity index (χ0v) is 15.6. The average molecular weight is 377 g/mol. The normalized spacial score (nSPS) is 17.5. The van der Waals surface area contributed by atoms with Gasteiger partial charge < -0.3 is 24.8 Å². The second kappa shape index (κ2) is 8.23. The number of ether oxygens (including phenoxy) is 2. The van der Waals surface area contributed by atoms with Gasteiger partial charge in [-0.25, -0.2) is 0 Å². The predicted octanol–water partition coefficient (Wildman–Crippen LogP) is 2.90. The van der Waals surface area contributed by atoms with Crippen LogP contribution in [0.4, 0.5) is 0 Å². The first kappa shape index (κ1) is 18.9. The topological polar surface area (TPSA) is 88.0 Å². The van der Waals surface area contributed by atoms with E-state index in [0.29, 0.717) is 5.75 Å². The monoisotopic (exact) mass is 377 g/mol. The quantitative estimate of drug-likeness (QED) is 0.613. The first-order valence-electron chi connectivity index (χ1n) is 8.59. The summed E-state index contributed by atoms with van der Waals surface area (Å²) in [6, 6.07) is 14.8. The lowest BCUT2D eigenvalue weighted by Gasteiger charge is -2.20. The van der Waals surface area contributed by atoms with Crippen molar-refractivity contribution < 1.29 is 24.0 Å². The van der Waals surface area contributed by atoms with Crippen LogP contribution in [-0.4, -0.2) is 35.6 Å². The molecule has 0 radical (unpaired) electrons. The molecule has 7 heteroatoms. The molecule has 3 atom stereocenters. The van der Waals surface area contributed by atoms with E-state index >= 15 is 0 Å². The highest BCUT2D eigenvalue weighted by molar-refractivity contribution is 7.57. The predicted molar refractivity (Wildman–Crippen MR) is 99.8 cm³/mol. The Morgan fingerprint density at radius 3 is 2.65 bits per heavy atom. The number of fused-ring (bicyclic) bond motifs is 1. The van der Waals surface area contributed by atoms with Crippen LogP contribution in [0.25, 0.3) is 0 Å². The molecule has 1 aliphatic rings. The Bertz CT molecular complexity index is 783. The molecule has 2 aromatic rings. The number of aliphatic hydroxyl groups is 1.